The minimum absolute atomic E-state index is 0.225. The summed E-state index contributed by atoms with van der Waals surface area (Å²) in [6.45, 7) is 0. The van der Waals surface area contributed by atoms with E-state index in [1.807, 2.05) is 48.5 Å². The fourth-order valence-corrected chi connectivity index (χ4v) is 2.70. The van der Waals surface area contributed by atoms with Crippen LogP contribution in [-0.2, 0) is 0 Å². The summed E-state index contributed by atoms with van der Waals surface area (Å²) in [5.74, 6) is 0.255. The Bertz CT molecular complexity index is 1020. The van der Waals surface area contributed by atoms with Gasteiger partial charge in [0, 0.05) is 11.1 Å². The lowest BCUT2D eigenvalue weighted by atomic mass is 10.1. The van der Waals surface area contributed by atoms with Crippen molar-refractivity contribution < 1.29 is 9.21 Å². The van der Waals surface area contributed by atoms with Gasteiger partial charge in [-0.1, -0.05) is 41.9 Å². The van der Waals surface area contributed by atoms with Crippen LogP contribution < -0.4 is 5.32 Å². The molecule has 1 N–H and O–H groups in total. The second kappa shape index (κ2) is 6.42. The van der Waals surface area contributed by atoms with E-state index < -0.39 is 0 Å². The van der Waals surface area contributed by atoms with Crippen molar-refractivity contribution in [3.05, 3.63) is 83.4 Å². The lowest BCUT2D eigenvalue weighted by Crippen LogP contribution is -2.12. The van der Waals surface area contributed by atoms with Crippen LogP contribution in [-0.4, -0.2) is 10.9 Å². The zero-order valence-corrected chi connectivity index (χ0v) is 13.8. The highest BCUT2D eigenvalue weighted by Crippen LogP contribution is 2.30. The van der Waals surface area contributed by atoms with Gasteiger partial charge in [-0.05, 0) is 42.5 Å². The summed E-state index contributed by atoms with van der Waals surface area (Å²) >= 11 is 6.23. The van der Waals surface area contributed by atoms with Crippen LogP contribution in [0.25, 0.3) is 22.6 Å². The second-order valence-electron chi connectivity index (χ2n) is 5.50. The molecule has 0 saturated carbocycles. The van der Waals surface area contributed by atoms with Gasteiger partial charge in [-0.15, -0.1) is 0 Å². The van der Waals surface area contributed by atoms with E-state index in [-0.39, 0.29) is 5.91 Å². The van der Waals surface area contributed by atoms with Gasteiger partial charge in [-0.3, -0.25) is 4.79 Å². The minimum atomic E-state index is -0.225. The molecule has 1 amide bonds. The minimum Gasteiger partial charge on any atom is -0.436 e. The molecule has 0 bridgehead atoms. The number of para-hydroxylation sites is 2. The average molecular weight is 349 g/mol. The smallest absolute Gasteiger partial charge is 0.255 e. The Morgan fingerprint density at radius 3 is 2.52 bits per heavy atom. The van der Waals surface area contributed by atoms with Gasteiger partial charge in [-0.2, -0.15) is 0 Å². The molecule has 1 aromatic heterocycles. The molecule has 0 spiro atoms. The number of halogens is 1. The number of oxazole rings is 1. The Kier molecular flexibility index (Phi) is 3.96. The SMILES string of the molecule is O=C(Nc1cc(-c2nc3ccccc3o2)ccc1Cl)c1ccccc1. The summed E-state index contributed by atoms with van der Waals surface area (Å²) in [5, 5.41) is 3.28. The summed E-state index contributed by atoms with van der Waals surface area (Å²) in [5.41, 5.74) is 3.30. The first-order valence-electron chi connectivity index (χ1n) is 7.72. The second-order valence-corrected chi connectivity index (χ2v) is 5.91. The number of fused-ring (bicyclic) bond motifs is 1. The lowest BCUT2D eigenvalue weighted by Gasteiger charge is -2.08. The topological polar surface area (TPSA) is 55.1 Å². The van der Waals surface area contributed by atoms with Crippen LogP contribution in [0.5, 0.6) is 0 Å². The molecule has 1 heterocycles. The Hall–Kier alpha value is -3.11. The van der Waals surface area contributed by atoms with Crippen LogP contribution in [0.15, 0.2) is 77.2 Å². The Balaban J connectivity index is 1.67. The van der Waals surface area contributed by atoms with Crippen molar-refractivity contribution >= 4 is 34.3 Å². The molecule has 4 aromatic rings. The third-order valence-electron chi connectivity index (χ3n) is 3.79. The van der Waals surface area contributed by atoms with E-state index in [2.05, 4.69) is 10.3 Å². The number of benzene rings is 3. The first kappa shape index (κ1) is 15.4. The maximum Gasteiger partial charge on any atom is 0.255 e. The molecule has 5 heteroatoms. The van der Waals surface area contributed by atoms with E-state index in [4.69, 9.17) is 16.0 Å². The number of rotatable bonds is 3. The number of nitrogens with one attached hydrogen (secondary N) is 1. The quantitative estimate of drug-likeness (QED) is 0.539. The molecule has 0 aliphatic carbocycles. The van der Waals surface area contributed by atoms with E-state index in [1.165, 1.54) is 0 Å². The first-order chi connectivity index (χ1) is 12.2. The highest BCUT2D eigenvalue weighted by Gasteiger charge is 2.12. The molecule has 4 rings (SSSR count). The molecule has 0 saturated heterocycles. The summed E-state index contributed by atoms with van der Waals surface area (Å²) < 4.78 is 5.77. The zero-order chi connectivity index (χ0) is 17.2. The number of nitrogens with zero attached hydrogens (tertiary/aromatic N) is 1. The number of carbonyl (C=O) groups excluding carboxylic acids is 1. The predicted molar refractivity (Wildman–Crippen MR) is 98.9 cm³/mol. The van der Waals surface area contributed by atoms with Crippen molar-refractivity contribution in [3.63, 3.8) is 0 Å². The molecule has 3 aromatic carbocycles. The molecule has 0 atom stereocenters. The maximum absolute atomic E-state index is 12.3. The average Bonchev–Trinajstić information content (AvgIpc) is 3.08. The van der Waals surface area contributed by atoms with Gasteiger partial charge >= 0.3 is 0 Å². The van der Waals surface area contributed by atoms with Crippen LogP contribution in [0, 0.1) is 0 Å². The number of anilines is 1. The van der Waals surface area contributed by atoms with Crippen molar-refractivity contribution in [2.75, 3.05) is 5.32 Å². The Labute approximate surface area is 149 Å². The van der Waals surface area contributed by atoms with Crippen molar-refractivity contribution in [1.82, 2.24) is 4.98 Å². The van der Waals surface area contributed by atoms with Gasteiger partial charge in [0.15, 0.2) is 5.58 Å². The molecule has 25 heavy (non-hydrogen) atoms. The third kappa shape index (κ3) is 3.12. The summed E-state index contributed by atoms with van der Waals surface area (Å²) in [7, 11) is 0. The summed E-state index contributed by atoms with van der Waals surface area (Å²) in [4.78, 5) is 16.8. The van der Waals surface area contributed by atoms with E-state index >= 15 is 0 Å². The Morgan fingerprint density at radius 1 is 0.960 bits per heavy atom. The molecular weight excluding hydrogens is 336 g/mol. The number of hydrogen-bond donors (Lipinski definition) is 1. The van der Waals surface area contributed by atoms with Gasteiger partial charge in [0.2, 0.25) is 5.89 Å². The van der Waals surface area contributed by atoms with Gasteiger partial charge in [0.1, 0.15) is 5.52 Å². The fraction of sp³-hybridized carbons (Fsp3) is 0. The lowest BCUT2D eigenvalue weighted by molar-refractivity contribution is 0.102. The van der Waals surface area contributed by atoms with Gasteiger partial charge in [-0.25, -0.2) is 4.98 Å². The van der Waals surface area contributed by atoms with E-state index in [1.54, 1.807) is 24.3 Å². The van der Waals surface area contributed by atoms with Crippen LogP contribution in [0.2, 0.25) is 5.02 Å². The largest absolute Gasteiger partial charge is 0.436 e. The molecule has 122 valence electrons. The number of carbonyl (C=O) groups is 1. The molecule has 0 radical (unpaired) electrons. The van der Waals surface area contributed by atoms with Crippen LogP contribution >= 0.6 is 11.6 Å². The highest BCUT2D eigenvalue weighted by molar-refractivity contribution is 6.34. The molecule has 4 nitrogen and oxygen atoms in total. The fourth-order valence-electron chi connectivity index (χ4n) is 2.53. The van der Waals surface area contributed by atoms with E-state index in [0.29, 0.717) is 27.7 Å². The van der Waals surface area contributed by atoms with Gasteiger partial charge in [0.05, 0.1) is 10.7 Å². The molecule has 0 fully saturated rings. The van der Waals surface area contributed by atoms with Crippen molar-refractivity contribution in [1.29, 1.82) is 0 Å². The van der Waals surface area contributed by atoms with Gasteiger partial charge < -0.3 is 9.73 Å². The Morgan fingerprint density at radius 2 is 1.72 bits per heavy atom. The van der Waals surface area contributed by atoms with Crippen LogP contribution in [0.3, 0.4) is 0 Å². The van der Waals surface area contributed by atoms with Gasteiger partial charge in [0.25, 0.3) is 5.91 Å². The summed E-state index contributed by atoms with van der Waals surface area (Å²) in [6.07, 6.45) is 0. The number of amides is 1. The van der Waals surface area contributed by atoms with Crippen molar-refractivity contribution in [3.8, 4) is 11.5 Å². The molecular formula is C20H13ClN2O2. The monoisotopic (exact) mass is 348 g/mol. The number of hydrogen-bond acceptors (Lipinski definition) is 3. The maximum atomic E-state index is 12.3. The predicted octanol–water partition coefficient (Wildman–Crippen LogP) is 5.40. The molecule has 0 aliphatic heterocycles. The zero-order valence-electron chi connectivity index (χ0n) is 13.1. The third-order valence-corrected chi connectivity index (χ3v) is 4.12. The van der Waals surface area contributed by atoms with Crippen LogP contribution in [0.4, 0.5) is 5.69 Å². The first-order valence-corrected chi connectivity index (χ1v) is 8.10. The summed E-state index contributed by atoms with van der Waals surface area (Å²) in [6, 6.07) is 21.8. The molecule has 0 aliphatic rings. The van der Waals surface area contributed by atoms with E-state index in [0.717, 1.165) is 11.1 Å². The standard InChI is InChI=1S/C20H13ClN2O2/c21-15-11-10-14(20-23-16-8-4-5-9-18(16)25-20)12-17(15)22-19(24)13-6-2-1-3-7-13/h1-12H,(H,22,24). The highest BCUT2D eigenvalue weighted by atomic mass is 35.5. The molecule has 0 unspecified atom stereocenters. The van der Waals surface area contributed by atoms with Crippen molar-refractivity contribution in [2.45, 2.75) is 0 Å². The number of aromatic nitrogens is 1. The van der Waals surface area contributed by atoms with E-state index in [9.17, 15) is 4.79 Å². The van der Waals surface area contributed by atoms with Crippen molar-refractivity contribution in [2.24, 2.45) is 0 Å². The normalized spacial score (nSPS) is 10.8. The van der Waals surface area contributed by atoms with Crippen LogP contribution in [0.1, 0.15) is 10.4 Å².